The number of aliphatic hydroxyl groups excluding tert-OH is 4. The van der Waals surface area contributed by atoms with Gasteiger partial charge < -0.3 is 87.7 Å². The lowest BCUT2D eigenvalue weighted by molar-refractivity contribution is -0.336. The lowest BCUT2D eigenvalue weighted by Crippen LogP contribution is -2.65. The van der Waals surface area contributed by atoms with Crippen LogP contribution in [0.15, 0.2) is 35.1 Å². The van der Waals surface area contributed by atoms with Crippen molar-refractivity contribution in [2.24, 2.45) is 17.8 Å². The summed E-state index contributed by atoms with van der Waals surface area (Å²) in [5.41, 5.74) is 1.48. The lowest BCUT2D eigenvalue weighted by Gasteiger charge is -2.56. The first kappa shape index (κ1) is 71.5. The largest absolute Gasteiger partial charge is 0.492 e. The molecule has 0 aromatic heterocycles. The Hall–Kier alpha value is -3.29. The summed E-state index contributed by atoms with van der Waals surface area (Å²) < 4.78 is 73.4. The van der Waals surface area contributed by atoms with Gasteiger partial charge in [-0.25, -0.2) is 4.79 Å². The summed E-state index contributed by atoms with van der Waals surface area (Å²) in [6.07, 6.45) is -6.05. The molecule has 6 aliphatic carbocycles. The van der Waals surface area contributed by atoms with E-state index in [1.54, 1.807) is 45.6 Å². The SMILES string of the molecule is CCN[C@H]1CO[C@@H](O[C@H]2[C@H](O[C@H]3C#CC=CC#C[C@]4(O)CC(=O)C(NC(=O)OC)=C3/C4=C\CSSC34CC5CC(CC(C5)C3)C4)O[C@H](C)[C@@H](NO[C@H]3C[C@H](O)[C@H](SC(=O)c4c(C)c(I)c(O[C@@H]5O[C@@H](C)[C@H](O)[C@@H](OC)[C@H]5O)c(OC)c4OC)[C@@H](C)O3)[C@@H]2O)C[C@@H]1OC. The molecule has 4 heterocycles. The Morgan fingerprint density at radius 1 is 0.815 bits per heavy atom. The molecule has 10 aliphatic rings. The van der Waals surface area contributed by atoms with Gasteiger partial charge in [-0.2, -0.15) is 5.48 Å². The minimum absolute atomic E-state index is 0.0268. The van der Waals surface area contributed by atoms with E-state index in [1.165, 1.54) is 79.1 Å². The van der Waals surface area contributed by atoms with E-state index in [1.807, 2.05) is 46.4 Å². The van der Waals surface area contributed by atoms with Crippen molar-refractivity contribution in [2.45, 2.75) is 212 Å². The van der Waals surface area contributed by atoms with Crippen molar-refractivity contribution in [3.05, 3.63) is 49.8 Å². The van der Waals surface area contributed by atoms with Gasteiger partial charge in [0.05, 0.1) is 97.0 Å². The lowest BCUT2D eigenvalue weighted by atomic mass is 9.56. The van der Waals surface area contributed by atoms with Crippen molar-refractivity contribution < 1.29 is 102 Å². The molecule has 92 heavy (non-hydrogen) atoms. The zero-order valence-electron chi connectivity index (χ0n) is 53.2. The van der Waals surface area contributed by atoms with Crippen LogP contribution in [-0.2, 0) is 52.3 Å². The number of nitrogens with one attached hydrogen (secondary N) is 3. The molecule has 0 spiro atoms. The third-order valence-electron chi connectivity index (χ3n) is 18.9. The number of allylic oxidation sites excluding steroid dienone is 3. The quantitative estimate of drug-likeness (QED) is 0.0252. The molecule has 6 bridgehead atoms. The maximum atomic E-state index is 14.5. The summed E-state index contributed by atoms with van der Waals surface area (Å²) in [5.74, 6) is 14.0. The number of hydrogen-bond donors (Lipinski definition) is 8. The molecule has 19 atom stereocenters. The number of Topliss-reactive ketones (excluding diaryl/α,β-unsaturated/α-hetero) is 1. The van der Waals surface area contributed by atoms with Crippen LogP contribution in [0.5, 0.6) is 17.2 Å². The fraction of sp³-hybridized carbons (Fsp3) is 0.703. The fourth-order valence-electron chi connectivity index (χ4n) is 14.7. The van der Waals surface area contributed by atoms with Crippen LogP contribution in [0.2, 0.25) is 0 Å². The van der Waals surface area contributed by atoms with Crippen LogP contribution in [0, 0.1) is 51.9 Å². The zero-order chi connectivity index (χ0) is 65.9. The topological polar surface area (TPSA) is 308 Å². The minimum atomic E-state index is -2.05. The number of amides is 1. The minimum Gasteiger partial charge on any atom is -0.492 e. The summed E-state index contributed by atoms with van der Waals surface area (Å²) >= 11 is 2.84. The Morgan fingerprint density at radius 3 is 2.16 bits per heavy atom. The van der Waals surface area contributed by atoms with Gasteiger partial charge in [-0.15, -0.1) is 0 Å². The maximum Gasteiger partial charge on any atom is 0.411 e. The van der Waals surface area contributed by atoms with Gasteiger partial charge in [0, 0.05) is 48.7 Å². The third-order valence-corrected chi connectivity index (χ3v) is 24.7. The maximum absolute atomic E-state index is 14.5. The predicted molar refractivity (Wildman–Crippen MR) is 347 cm³/mol. The number of methoxy groups -OCH3 is 5. The number of thioether (sulfide) groups is 1. The first-order valence-electron chi connectivity index (χ1n) is 31.2. The van der Waals surface area contributed by atoms with Crippen molar-refractivity contribution in [3.63, 3.8) is 0 Å². The van der Waals surface area contributed by atoms with E-state index in [-0.39, 0.29) is 76.0 Å². The Labute approximate surface area is 562 Å². The highest BCUT2D eigenvalue weighted by atomic mass is 127. The van der Waals surface area contributed by atoms with Crippen LogP contribution >= 0.6 is 55.9 Å². The fourth-order valence-corrected chi connectivity index (χ4v) is 19.7. The molecular weight excluding hydrogens is 1370 g/mol. The molecule has 11 rings (SSSR count). The number of benzene rings is 1. The van der Waals surface area contributed by atoms with E-state index in [0.717, 1.165) is 29.5 Å². The Bertz CT molecular complexity index is 3030. The Balaban J connectivity index is 0.876. The molecule has 1 aromatic rings. The number of likely N-dealkylation sites (N-methyl/N-ethyl adjacent to an activating group) is 1. The number of halogens is 1. The van der Waals surface area contributed by atoms with E-state index in [9.17, 15) is 39.9 Å². The number of alkyl carbamates (subject to hydrolysis) is 1. The van der Waals surface area contributed by atoms with Gasteiger partial charge in [-0.05, 0) is 131 Å². The van der Waals surface area contributed by atoms with Gasteiger partial charge in [-0.1, -0.05) is 70.0 Å². The number of hydrogen-bond acceptors (Lipinski definition) is 26. The molecule has 508 valence electrons. The van der Waals surface area contributed by atoms with Crippen LogP contribution in [0.3, 0.4) is 0 Å². The van der Waals surface area contributed by atoms with Crippen LogP contribution < -0.4 is 30.3 Å². The highest BCUT2D eigenvalue weighted by Crippen LogP contribution is 2.63. The molecule has 0 radical (unpaired) electrons. The van der Waals surface area contributed by atoms with E-state index in [2.05, 4.69) is 39.8 Å². The first-order chi connectivity index (χ1) is 44.1. The van der Waals surface area contributed by atoms with Crippen molar-refractivity contribution in [1.29, 1.82) is 0 Å². The second-order valence-electron chi connectivity index (χ2n) is 25.0. The van der Waals surface area contributed by atoms with Gasteiger partial charge in [-0.3, -0.25) is 19.7 Å². The summed E-state index contributed by atoms with van der Waals surface area (Å²) in [5, 5.41) is 63.5. The summed E-state index contributed by atoms with van der Waals surface area (Å²) in [6, 6.07) is -1.26. The van der Waals surface area contributed by atoms with Gasteiger partial charge in [0.15, 0.2) is 41.8 Å². The number of aliphatic hydroxyl groups is 5. The normalized spacial score (nSPS) is 39.5. The van der Waals surface area contributed by atoms with Crippen molar-refractivity contribution in [2.75, 3.05) is 54.5 Å². The molecule has 4 aliphatic heterocycles. The predicted octanol–water partition coefficient (Wildman–Crippen LogP) is 4.89. The van der Waals surface area contributed by atoms with Crippen LogP contribution in [-0.4, -0.2) is 217 Å². The van der Waals surface area contributed by atoms with Gasteiger partial charge >= 0.3 is 6.09 Å². The molecule has 28 heteroatoms. The number of ketones is 1. The van der Waals surface area contributed by atoms with Gasteiger partial charge in [0.25, 0.3) is 0 Å². The number of rotatable bonds is 22. The van der Waals surface area contributed by atoms with Crippen LogP contribution in [0.1, 0.15) is 101 Å². The van der Waals surface area contributed by atoms with Crippen LogP contribution in [0.4, 0.5) is 4.79 Å². The highest BCUT2D eigenvalue weighted by molar-refractivity contribution is 14.1. The molecule has 4 saturated heterocycles. The number of carbonyl (C=O) groups excluding carboxylic acids is 3. The summed E-state index contributed by atoms with van der Waals surface area (Å²) in [6.45, 7) is 9.49. The van der Waals surface area contributed by atoms with Crippen molar-refractivity contribution >= 4 is 72.9 Å². The Morgan fingerprint density at radius 2 is 1.51 bits per heavy atom. The number of ether oxygens (including phenoxy) is 12. The molecule has 8 fully saturated rings. The average molecular weight is 1460 g/mol. The zero-order valence-corrected chi connectivity index (χ0v) is 57.8. The standard InChI is InChI=1S/C64H86IN3O21S3/c1-11-66-38-29-82-43(24-42(38)77-6)87-56-51(72)48(68-89-44-23-39(69)58(33(5)83-44)91-59(74)45-30(2)47(65)54(57(80-9)53(45)78-7)88-60-52(73)55(79-8)50(71)32(4)85-60)31(3)84-61(56)86-41-16-14-12-13-15-18-64(76)28-40(70)49(67-62(75)81-10)46(41)37(64)17-19-90-92-63-25-34-20-35(26-63)22-36(21-34)27-63/h12-13,17,31-36,38-39,41-44,48,50-52,55-56,58,60-61,66,68-69,71-73,76H,11,19-29H2,1-10H3,(H,67,75)/b13-12?,37-17+/t31-,32+,33-,34?,35?,36?,38+,39+,41+,42+,43+,44+,48-,50+,51+,52-,55-,56-,58-,60+,61+,63?,64+/m1/s1. The van der Waals surface area contributed by atoms with E-state index in [4.69, 9.17) is 61.7 Å². The number of fused-ring (bicyclic) bond motifs is 2. The second-order valence-corrected chi connectivity index (χ2v) is 30.1. The molecular formula is C64H86IN3O21S3. The molecule has 4 saturated carbocycles. The van der Waals surface area contributed by atoms with E-state index >= 15 is 0 Å². The van der Waals surface area contributed by atoms with Crippen molar-refractivity contribution in [1.82, 2.24) is 16.1 Å². The molecule has 1 aromatic carbocycles. The molecule has 0 unspecified atom stereocenters. The van der Waals surface area contributed by atoms with Gasteiger partial charge in [0.1, 0.15) is 36.6 Å². The monoisotopic (exact) mass is 1460 g/mol. The number of carbonyl (C=O) groups is 3. The second kappa shape index (κ2) is 31.1. The molecule has 24 nitrogen and oxygen atoms in total. The number of hydroxylamine groups is 1. The van der Waals surface area contributed by atoms with Crippen molar-refractivity contribution in [3.8, 4) is 40.9 Å². The molecule has 8 N–H and O–H groups in total. The van der Waals surface area contributed by atoms with Crippen LogP contribution in [0.25, 0.3) is 0 Å². The first-order valence-corrected chi connectivity index (χ1v) is 35.5. The summed E-state index contributed by atoms with van der Waals surface area (Å²) in [4.78, 5) is 48.3. The van der Waals surface area contributed by atoms with Gasteiger partial charge in [0.2, 0.25) is 17.2 Å². The highest BCUT2D eigenvalue weighted by Gasteiger charge is 2.54. The van der Waals surface area contributed by atoms with E-state index < -0.39 is 127 Å². The smallest absolute Gasteiger partial charge is 0.411 e. The summed E-state index contributed by atoms with van der Waals surface area (Å²) in [7, 11) is 10.4. The third kappa shape index (κ3) is 15.3. The average Bonchev–Trinajstić information content (AvgIpc) is 0.769. The molecule has 1 amide bonds. The Kier molecular flexibility index (Phi) is 24.1. The van der Waals surface area contributed by atoms with E-state index in [0.29, 0.717) is 21.4 Å².